The number of benzene rings is 1. The summed E-state index contributed by atoms with van der Waals surface area (Å²) in [6, 6.07) is 12.3. The van der Waals surface area contributed by atoms with E-state index in [1.54, 1.807) is 16.3 Å². The summed E-state index contributed by atoms with van der Waals surface area (Å²) in [6.45, 7) is 9.64. The Labute approximate surface area is 156 Å². The van der Waals surface area contributed by atoms with Crippen molar-refractivity contribution < 1.29 is 17.4 Å². The van der Waals surface area contributed by atoms with Crippen LogP contribution in [-0.4, -0.2) is 23.9 Å². The fourth-order valence-corrected chi connectivity index (χ4v) is 18.3. The van der Waals surface area contributed by atoms with Crippen molar-refractivity contribution >= 4 is 12.6 Å². The van der Waals surface area contributed by atoms with Crippen LogP contribution in [0.2, 0.25) is 3.72 Å². The van der Waals surface area contributed by atoms with E-state index >= 15 is 0 Å². The van der Waals surface area contributed by atoms with Gasteiger partial charge in [-0.15, -0.1) is 0 Å². The minimum absolute atomic E-state index is 0.228. The maximum atomic E-state index is 2.94. The molecule has 1 aromatic rings. The molecule has 0 N–H and O–H groups in total. The van der Waals surface area contributed by atoms with Gasteiger partial charge in [-0.1, -0.05) is 0 Å². The molecule has 0 amide bonds. The number of hydrogen-bond donors (Lipinski definition) is 0. The molecule has 1 nitrogen and oxygen atoms in total. The summed E-state index contributed by atoms with van der Waals surface area (Å²) in [5.41, 5.74) is 4.76. The average molecular weight is 374 g/mol. The summed E-state index contributed by atoms with van der Waals surface area (Å²) in [7, 11) is 2.25. The molecule has 129 valence electrons. The summed E-state index contributed by atoms with van der Waals surface area (Å²) >= 11 is -1.42. The number of nitrogens with zero attached hydrogens (tertiary/aromatic N) is 1. The topological polar surface area (TPSA) is 3.24 Å². The standard InChI is InChI=1S/C9H13.C6H12N.C6H7Si.Ti/c1-6-5-7(2)9(4)8(6)3;1-7-6-4-2-3-5-6;7-6-4-2-1-3-5-6;/h5H,1-4H3;6H,2-5H2,1H3;1-5H,7H2;/q;-1;;+1. The van der Waals surface area contributed by atoms with Crippen molar-refractivity contribution in [2.24, 2.45) is 0 Å². The third-order valence-corrected chi connectivity index (χ3v) is 20.9. The van der Waals surface area contributed by atoms with Gasteiger partial charge in [0, 0.05) is 0 Å². The van der Waals surface area contributed by atoms with Crippen molar-refractivity contribution in [3.05, 3.63) is 53.1 Å². The average Bonchev–Trinajstić information content (AvgIpc) is 3.18. The third kappa shape index (κ3) is 3.44. The third-order valence-electron chi connectivity index (χ3n) is 6.55. The van der Waals surface area contributed by atoms with Crippen LogP contribution in [0.5, 0.6) is 0 Å². The molecule has 2 aliphatic carbocycles. The first-order chi connectivity index (χ1) is 11.4. The van der Waals surface area contributed by atoms with Gasteiger partial charge in [-0.3, -0.25) is 0 Å². The fraction of sp³-hybridized carbons (Fsp3) is 0.524. The van der Waals surface area contributed by atoms with E-state index in [1.165, 1.54) is 31.3 Å². The Balaban J connectivity index is 1.96. The zero-order valence-electron chi connectivity index (χ0n) is 16.0. The predicted octanol–water partition coefficient (Wildman–Crippen LogP) is 4.28. The molecule has 3 rings (SSSR count). The van der Waals surface area contributed by atoms with Crippen LogP contribution in [0.1, 0.15) is 53.4 Å². The van der Waals surface area contributed by atoms with Crippen LogP contribution in [0.15, 0.2) is 53.1 Å². The van der Waals surface area contributed by atoms with Gasteiger partial charge in [0.1, 0.15) is 0 Å². The number of hydrogen-bond acceptors (Lipinski definition) is 1. The van der Waals surface area contributed by atoms with Gasteiger partial charge >= 0.3 is 157 Å². The van der Waals surface area contributed by atoms with Gasteiger partial charge in [-0.05, 0) is 0 Å². The molecule has 0 radical (unpaired) electrons. The molecule has 2 aliphatic rings. The number of allylic oxidation sites excluding steroid dienone is 4. The van der Waals surface area contributed by atoms with Crippen molar-refractivity contribution in [3.63, 3.8) is 0 Å². The summed E-state index contributed by atoms with van der Waals surface area (Å²) < 4.78 is 3.31. The molecular weight excluding hydrogens is 342 g/mol. The van der Waals surface area contributed by atoms with E-state index in [2.05, 4.69) is 74.5 Å². The Morgan fingerprint density at radius 2 is 1.71 bits per heavy atom. The minimum atomic E-state index is -1.42. The van der Waals surface area contributed by atoms with E-state index in [1.807, 2.05) is 0 Å². The van der Waals surface area contributed by atoms with E-state index in [0.29, 0.717) is 3.72 Å². The molecule has 1 unspecified atom stereocenters. The van der Waals surface area contributed by atoms with Crippen LogP contribution in [0.3, 0.4) is 0 Å². The quantitative estimate of drug-likeness (QED) is 0.696. The van der Waals surface area contributed by atoms with Crippen LogP contribution >= 0.6 is 0 Å². The van der Waals surface area contributed by atoms with E-state index in [9.17, 15) is 0 Å². The Morgan fingerprint density at radius 3 is 2.25 bits per heavy atom. The van der Waals surface area contributed by atoms with Gasteiger partial charge in [-0.25, -0.2) is 0 Å². The molecule has 3 heteroatoms. The van der Waals surface area contributed by atoms with E-state index < -0.39 is 17.4 Å². The van der Waals surface area contributed by atoms with Crippen LogP contribution < -0.4 is 5.19 Å². The van der Waals surface area contributed by atoms with Crippen molar-refractivity contribution in [2.75, 3.05) is 7.05 Å². The zero-order chi connectivity index (χ0) is 17.3. The molecule has 0 bridgehead atoms. The second kappa shape index (κ2) is 7.45. The Hall–Kier alpha value is -0.409. The Morgan fingerprint density at radius 1 is 1.08 bits per heavy atom. The first-order valence-electron chi connectivity index (χ1n) is 9.44. The predicted molar refractivity (Wildman–Crippen MR) is 105 cm³/mol. The van der Waals surface area contributed by atoms with E-state index in [4.69, 9.17) is 0 Å². The van der Waals surface area contributed by atoms with Gasteiger partial charge < -0.3 is 0 Å². The van der Waals surface area contributed by atoms with E-state index in [0.717, 1.165) is 6.04 Å². The molecule has 0 aromatic heterocycles. The summed E-state index contributed by atoms with van der Waals surface area (Å²) in [6.07, 6.45) is 8.38. The summed E-state index contributed by atoms with van der Waals surface area (Å²) in [5, 5.41) is 1.67. The molecular formula is C21H32NSiTi. The zero-order valence-corrected chi connectivity index (χ0v) is 19.0. The van der Waals surface area contributed by atoms with Gasteiger partial charge in [0.2, 0.25) is 0 Å². The molecule has 1 fully saturated rings. The molecule has 0 saturated heterocycles. The van der Waals surface area contributed by atoms with Crippen LogP contribution in [0.25, 0.3) is 0 Å². The van der Waals surface area contributed by atoms with Crippen LogP contribution in [-0.2, 0) is 17.4 Å². The van der Waals surface area contributed by atoms with Crippen LogP contribution in [0.4, 0.5) is 0 Å². The second-order valence-electron chi connectivity index (χ2n) is 7.94. The van der Waals surface area contributed by atoms with Gasteiger partial charge in [0.05, 0.1) is 0 Å². The Bertz CT molecular complexity index is 645. The molecule has 1 atom stereocenters. The first kappa shape index (κ1) is 18.4. The second-order valence-corrected chi connectivity index (χ2v) is 17.6. The van der Waals surface area contributed by atoms with Crippen molar-refractivity contribution in [1.82, 2.24) is 3.38 Å². The summed E-state index contributed by atoms with van der Waals surface area (Å²) in [5.74, 6) is 0. The molecule has 1 saturated carbocycles. The fourth-order valence-electron chi connectivity index (χ4n) is 4.61. The molecule has 0 spiro atoms. The van der Waals surface area contributed by atoms with Crippen LogP contribution in [0, 0.1) is 0 Å². The SMILES string of the molecule is CC1=C[C](C)([Ti]([SiH2]c2ccccc2)[N](C)C2CCCC2)C(C)=C1C. The van der Waals surface area contributed by atoms with E-state index in [-0.39, 0.29) is 7.39 Å². The Kier molecular flexibility index (Phi) is 5.71. The van der Waals surface area contributed by atoms with Crippen molar-refractivity contribution in [1.29, 1.82) is 0 Å². The molecule has 0 heterocycles. The normalized spacial score (nSPS) is 25.3. The van der Waals surface area contributed by atoms with Crippen molar-refractivity contribution in [2.45, 2.75) is 63.1 Å². The van der Waals surface area contributed by atoms with Crippen molar-refractivity contribution in [3.8, 4) is 0 Å². The maximum absolute atomic E-state index is 2.94. The molecule has 0 aliphatic heterocycles. The molecule has 24 heavy (non-hydrogen) atoms. The monoisotopic (exact) mass is 374 g/mol. The first-order valence-corrected chi connectivity index (χ1v) is 15.6. The van der Waals surface area contributed by atoms with Gasteiger partial charge in [0.15, 0.2) is 0 Å². The van der Waals surface area contributed by atoms with Gasteiger partial charge in [-0.2, -0.15) is 0 Å². The summed E-state index contributed by atoms with van der Waals surface area (Å²) in [4.78, 5) is 0. The molecule has 1 aromatic carbocycles. The van der Waals surface area contributed by atoms with Gasteiger partial charge in [0.25, 0.3) is 0 Å². The number of rotatable bonds is 5.